The fourth-order valence-corrected chi connectivity index (χ4v) is 3.72. The average molecular weight is 359 g/mol. The summed E-state index contributed by atoms with van der Waals surface area (Å²) in [5.41, 5.74) is 1.88. The van der Waals surface area contributed by atoms with Crippen molar-refractivity contribution in [1.82, 2.24) is 24.5 Å². The van der Waals surface area contributed by atoms with E-state index in [-0.39, 0.29) is 5.91 Å². The second kappa shape index (κ2) is 8.03. The third-order valence-electron chi connectivity index (χ3n) is 5.41. The first kappa shape index (κ1) is 18.6. The first-order chi connectivity index (χ1) is 12.5. The summed E-state index contributed by atoms with van der Waals surface area (Å²) < 4.78 is 7.06. The molecule has 1 aliphatic rings. The topological polar surface area (TPSA) is 67.4 Å². The van der Waals surface area contributed by atoms with E-state index in [0.717, 1.165) is 56.1 Å². The van der Waals surface area contributed by atoms with Crippen molar-refractivity contribution < 1.29 is 9.32 Å². The van der Waals surface area contributed by atoms with Gasteiger partial charge in [-0.05, 0) is 44.9 Å². The van der Waals surface area contributed by atoms with Crippen LogP contribution in [0.3, 0.4) is 0 Å². The van der Waals surface area contributed by atoms with Crippen LogP contribution in [0.1, 0.15) is 54.1 Å². The molecule has 26 heavy (non-hydrogen) atoms. The minimum absolute atomic E-state index is 0.137. The molecule has 1 amide bonds. The molecule has 142 valence electrons. The SMILES string of the molecule is CCN(Cc1noc(C)n1)C1CCCN(C(=O)c2ccc(C)n2C)CC1. The van der Waals surface area contributed by atoms with Crippen LogP contribution in [-0.2, 0) is 13.6 Å². The summed E-state index contributed by atoms with van der Waals surface area (Å²) in [5, 5.41) is 4.02. The second-order valence-corrected chi connectivity index (χ2v) is 7.09. The van der Waals surface area contributed by atoms with Gasteiger partial charge in [-0.1, -0.05) is 12.1 Å². The van der Waals surface area contributed by atoms with Gasteiger partial charge in [-0.25, -0.2) is 0 Å². The van der Waals surface area contributed by atoms with Gasteiger partial charge in [-0.3, -0.25) is 9.69 Å². The minimum Gasteiger partial charge on any atom is -0.344 e. The Balaban J connectivity index is 1.63. The molecular formula is C19H29N5O2. The molecule has 1 saturated heterocycles. The molecule has 0 radical (unpaired) electrons. The van der Waals surface area contributed by atoms with Gasteiger partial charge in [0.05, 0.1) is 6.54 Å². The van der Waals surface area contributed by atoms with Gasteiger partial charge < -0.3 is 14.0 Å². The number of rotatable bonds is 5. The van der Waals surface area contributed by atoms with Crippen LogP contribution in [0.4, 0.5) is 0 Å². The van der Waals surface area contributed by atoms with E-state index in [9.17, 15) is 4.79 Å². The van der Waals surface area contributed by atoms with Crippen molar-refractivity contribution in [3.8, 4) is 0 Å². The van der Waals surface area contributed by atoms with E-state index in [4.69, 9.17) is 4.52 Å². The molecule has 0 aromatic carbocycles. The highest BCUT2D eigenvalue weighted by atomic mass is 16.5. The van der Waals surface area contributed by atoms with Crippen molar-refractivity contribution in [2.45, 2.75) is 52.6 Å². The van der Waals surface area contributed by atoms with Gasteiger partial charge in [0.25, 0.3) is 5.91 Å². The molecule has 1 atom stereocenters. The van der Waals surface area contributed by atoms with Crippen molar-refractivity contribution in [2.75, 3.05) is 19.6 Å². The number of likely N-dealkylation sites (tertiary alicyclic amines) is 1. The Morgan fingerprint density at radius 2 is 2.12 bits per heavy atom. The monoisotopic (exact) mass is 359 g/mol. The largest absolute Gasteiger partial charge is 0.344 e. The number of hydrogen-bond acceptors (Lipinski definition) is 5. The maximum atomic E-state index is 12.9. The normalized spacial score (nSPS) is 18.3. The Kier molecular flexibility index (Phi) is 5.76. The predicted octanol–water partition coefficient (Wildman–Crippen LogP) is 2.54. The Labute approximate surface area is 155 Å². The standard InChI is InChI=1S/C19H29N5O2/c1-5-23(13-18-20-15(3)26-21-18)16-7-6-11-24(12-10-16)19(25)17-9-8-14(2)22(17)4/h8-9,16H,5-7,10-13H2,1-4H3. The molecule has 0 N–H and O–H groups in total. The Morgan fingerprint density at radius 1 is 1.31 bits per heavy atom. The first-order valence-electron chi connectivity index (χ1n) is 9.44. The molecule has 2 aromatic rings. The van der Waals surface area contributed by atoms with E-state index in [1.165, 1.54) is 0 Å². The minimum atomic E-state index is 0.137. The highest BCUT2D eigenvalue weighted by Gasteiger charge is 2.26. The average Bonchev–Trinajstić information content (AvgIpc) is 3.08. The molecule has 0 bridgehead atoms. The highest BCUT2D eigenvalue weighted by Crippen LogP contribution is 2.20. The van der Waals surface area contributed by atoms with Crippen LogP contribution < -0.4 is 0 Å². The molecule has 7 heteroatoms. The quantitative estimate of drug-likeness (QED) is 0.821. The summed E-state index contributed by atoms with van der Waals surface area (Å²) in [7, 11) is 1.95. The fourth-order valence-electron chi connectivity index (χ4n) is 3.72. The smallest absolute Gasteiger partial charge is 0.270 e. The molecule has 1 aliphatic heterocycles. The van der Waals surface area contributed by atoms with Gasteiger partial charge in [0, 0.05) is 38.8 Å². The molecule has 2 aromatic heterocycles. The number of aromatic nitrogens is 3. The summed E-state index contributed by atoms with van der Waals surface area (Å²) in [6, 6.07) is 4.36. The van der Waals surface area contributed by atoms with E-state index < -0.39 is 0 Å². The third-order valence-corrected chi connectivity index (χ3v) is 5.41. The van der Waals surface area contributed by atoms with Crippen LogP contribution in [0.15, 0.2) is 16.7 Å². The van der Waals surface area contributed by atoms with Gasteiger partial charge in [0.15, 0.2) is 5.82 Å². The lowest BCUT2D eigenvalue weighted by atomic mass is 10.1. The van der Waals surface area contributed by atoms with Crippen molar-refractivity contribution in [2.24, 2.45) is 7.05 Å². The number of aryl methyl sites for hydroxylation is 2. The number of amides is 1. The van der Waals surface area contributed by atoms with E-state index in [1.54, 1.807) is 0 Å². The lowest BCUT2D eigenvalue weighted by Gasteiger charge is -2.29. The zero-order chi connectivity index (χ0) is 18.7. The van der Waals surface area contributed by atoms with Gasteiger partial charge in [-0.2, -0.15) is 4.98 Å². The van der Waals surface area contributed by atoms with Crippen molar-refractivity contribution in [3.05, 3.63) is 35.2 Å². The van der Waals surface area contributed by atoms with E-state index in [1.807, 2.05) is 42.5 Å². The molecule has 7 nitrogen and oxygen atoms in total. The molecule has 3 heterocycles. The maximum absolute atomic E-state index is 12.9. The lowest BCUT2D eigenvalue weighted by molar-refractivity contribution is 0.0746. The van der Waals surface area contributed by atoms with Crippen molar-refractivity contribution in [1.29, 1.82) is 0 Å². The number of carbonyl (C=O) groups excluding carboxylic acids is 1. The second-order valence-electron chi connectivity index (χ2n) is 7.09. The van der Waals surface area contributed by atoms with Crippen LogP contribution in [0.5, 0.6) is 0 Å². The fraction of sp³-hybridized carbons (Fsp3) is 0.632. The van der Waals surface area contributed by atoms with Gasteiger partial charge in [0.2, 0.25) is 5.89 Å². The maximum Gasteiger partial charge on any atom is 0.270 e. The third kappa shape index (κ3) is 3.98. The summed E-state index contributed by atoms with van der Waals surface area (Å²) in [4.78, 5) is 21.6. The van der Waals surface area contributed by atoms with Crippen LogP contribution in [0, 0.1) is 13.8 Å². The number of carbonyl (C=O) groups is 1. The summed E-state index contributed by atoms with van der Waals surface area (Å²) >= 11 is 0. The summed E-state index contributed by atoms with van der Waals surface area (Å²) in [6.07, 6.45) is 3.07. The van der Waals surface area contributed by atoms with Gasteiger partial charge in [-0.15, -0.1) is 0 Å². The predicted molar refractivity (Wildman–Crippen MR) is 98.8 cm³/mol. The Bertz CT molecular complexity index is 751. The van der Waals surface area contributed by atoms with Crippen LogP contribution in [-0.4, -0.2) is 56.1 Å². The molecule has 1 fully saturated rings. The summed E-state index contributed by atoms with van der Waals surface area (Å²) in [6.45, 7) is 9.23. The molecule has 1 unspecified atom stereocenters. The van der Waals surface area contributed by atoms with Crippen molar-refractivity contribution >= 4 is 5.91 Å². The zero-order valence-corrected chi connectivity index (χ0v) is 16.2. The van der Waals surface area contributed by atoms with Crippen LogP contribution >= 0.6 is 0 Å². The lowest BCUT2D eigenvalue weighted by Crippen LogP contribution is -2.37. The van der Waals surface area contributed by atoms with E-state index in [0.29, 0.717) is 18.5 Å². The molecule has 0 aliphatic carbocycles. The Hall–Kier alpha value is -2.15. The Morgan fingerprint density at radius 3 is 2.73 bits per heavy atom. The van der Waals surface area contributed by atoms with Crippen LogP contribution in [0.25, 0.3) is 0 Å². The van der Waals surface area contributed by atoms with Crippen molar-refractivity contribution in [3.63, 3.8) is 0 Å². The summed E-state index contributed by atoms with van der Waals surface area (Å²) in [5.74, 6) is 1.48. The molecule has 0 saturated carbocycles. The molecule has 0 spiro atoms. The number of hydrogen-bond donors (Lipinski definition) is 0. The van der Waals surface area contributed by atoms with E-state index in [2.05, 4.69) is 22.0 Å². The molecular weight excluding hydrogens is 330 g/mol. The van der Waals surface area contributed by atoms with Gasteiger partial charge >= 0.3 is 0 Å². The highest BCUT2D eigenvalue weighted by molar-refractivity contribution is 5.93. The van der Waals surface area contributed by atoms with Gasteiger partial charge in [0.1, 0.15) is 5.69 Å². The first-order valence-corrected chi connectivity index (χ1v) is 9.44. The van der Waals surface area contributed by atoms with E-state index >= 15 is 0 Å². The number of nitrogens with zero attached hydrogens (tertiary/aromatic N) is 5. The zero-order valence-electron chi connectivity index (χ0n) is 16.2. The van der Waals surface area contributed by atoms with Crippen LogP contribution in [0.2, 0.25) is 0 Å². The molecule has 3 rings (SSSR count).